The number of benzene rings is 1. The molecular formula is C14H15F3O3. The van der Waals surface area contributed by atoms with Crippen molar-refractivity contribution in [1.29, 1.82) is 0 Å². The zero-order valence-electron chi connectivity index (χ0n) is 10.9. The molecule has 1 aromatic rings. The Morgan fingerprint density at radius 1 is 1.35 bits per heavy atom. The topological polar surface area (TPSA) is 35.5 Å². The molecule has 0 radical (unpaired) electrons. The summed E-state index contributed by atoms with van der Waals surface area (Å²) in [6, 6.07) is 4.12. The van der Waals surface area contributed by atoms with E-state index < -0.39 is 23.8 Å². The van der Waals surface area contributed by atoms with Gasteiger partial charge in [-0.15, -0.1) is 6.58 Å². The fraction of sp³-hybridized carbons (Fsp3) is 0.357. The monoisotopic (exact) mass is 288 g/mol. The largest absolute Gasteiger partial charge is 0.478 e. The van der Waals surface area contributed by atoms with Gasteiger partial charge in [-0.2, -0.15) is 13.2 Å². The minimum Gasteiger partial charge on any atom is -0.478 e. The Kier molecular flexibility index (Phi) is 5.61. The van der Waals surface area contributed by atoms with Gasteiger partial charge in [-0.3, -0.25) is 0 Å². The first-order chi connectivity index (χ1) is 9.38. The summed E-state index contributed by atoms with van der Waals surface area (Å²) >= 11 is 0. The van der Waals surface area contributed by atoms with Crippen LogP contribution in [0.4, 0.5) is 13.2 Å². The van der Waals surface area contributed by atoms with Gasteiger partial charge in [0.15, 0.2) is 6.10 Å². The maximum absolute atomic E-state index is 12.4. The Bertz CT molecular complexity index is 452. The Morgan fingerprint density at radius 2 is 1.95 bits per heavy atom. The third-order valence-corrected chi connectivity index (χ3v) is 2.39. The highest BCUT2D eigenvalue weighted by Gasteiger charge is 2.30. The van der Waals surface area contributed by atoms with E-state index >= 15 is 0 Å². The van der Waals surface area contributed by atoms with Gasteiger partial charge in [0, 0.05) is 6.42 Å². The van der Waals surface area contributed by atoms with Crippen LogP contribution in [-0.4, -0.2) is 18.7 Å². The second-order valence-corrected chi connectivity index (χ2v) is 3.91. The first-order valence-electron chi connectivity index (χ1n) is 6.00. The Morgan fingerprint density at radius 3 is 2.40 bits per heavy atom. The summed E-state index contributed by atoms with van der Waals surface area (Å²) in [5.74, 6) is -0.412. The SMILES string of the molecule is C=CC[C@@H](Oc1ccc(C(F)(F)F)cc1)C(=O)OCC. The van der Waals surface area contributed by atoms with Gasteiger partial charge in [0.25, 0.3) is 0 Å². The highest BCUT2D eigenvalue weighted by Crippen LogP contribution is 2.30. The van der Waals surface area contributed by atoms with Crippen molar-refractivity contribution in [2.24, 2.45) is 0 Å². The number of halogens is 3. The number of alkyl halides is 3. The molecular weight excluding hydrogens is 273 g/mol. The number of rotatable bonds is 6. The minimum absolute atomic E-state index is 0.165. The fourth-order valence-electron chi connectivity index (χ4n) is 1.47. The number of ether oxygens (including phenoxy) is 2. The van der Waals surface area contributed by atoms with Gasteiger partial charge in [-0.25, -0.2) is 4.79 Å². The molecule has 0 N–H and O–H groups in total. The highest BCUT2D eigenvalue weighted by atomic mass is 19.4. The molecule has 0 saturated heterocycles. The van der Waals surface area contributed by atoms with Crippen LogP contribution in [0.3, 0.4) is 0 Å². The number of hydrogen-bond donors (Lipinski definition) is 0. The van der Waals surface area contributed by atoms with Crippen molar-refractivity contribution in [3.63, 3.8) is 0 Å². The van der Waals surface area contributed by atoms with Crippen LogP contribution >= 0.6 is 0 Å². The van der Waals surface area contributed by atoms with Crippen molar-refractivity contribution in [2.45, 2.75) is 25.6 Å². The van der Waals surface area contributed by atoms with Crippen LogP contribution in [0.2, 0.25) is 0 Å². The van der Waals surface area contributed by atoms with Crippen molar-refractivity contribution < 1.29 is 27.4 Å². The molecule has 0 bridgehead atoms. The van der Waals surface area contributed by atoms with Gasteiger partial charge in [-0.1, -0.05) is 6.08 Å². The third-order valence-electron chi connectivity index (χ3n) is 2.39. The second-order valence-electron chi connectivity index (χ2n) is 3.91. The van der Waals surface area contributed by atoms with Gasteiger partial charge in [-0.05, 0) is 31.2 Å². The lowest BCUT2D eigenvalue weighted by molar-refractivity contribution is -0.151. The van der Waals surface area contributed by atoms with E-state index in [4.69, 9.17) is 9.47 Å². The lowest BCUT2D eigenvalue weighted by atomic mass is 10.2. The zero-order valence-corrected chi connectivity index (χ0v) is 10.9. The van der Waals surface area contributed by atoms with Crippen LogP contribution in [0.5, 0.6) is 5.75 Å². The predicted molar refractivity (Wildman–Crippen MR) is 67.3 cm³/mol. The van der Waals surface area contributed by atoms with Crippen LogP contribution in [0.25, 0.3) is 0 Å². The molecule has 0 aliphatic rings. The Labute approximate surface area is 115 Å². The molecule has 0 aliphatic carbocycles. The molecule has 0 aliphatic heterocycles. The second kappa shape index (κ2) is 6.98. The zero-order chi connectivity index (χ0) is 15.2. The van der Waals surface area contributed by atoms with Crippen molar-refractivity contribution in [1.82, 2.24) is 0 Å². The van der Waals surface area contributed by atoms with Gasteiger partial charge in [0.05, 0.1) is 12.2 Å². The van der Waals surface area contributed by atoms with Crippen molar-refractivity contribution in [3.8, 4) is 5.75 Å². The summed E-state index contributed by atoms with van der Waals surface area (Å²) in [6.07, 6.45) is -3.63. The minimum atomic E-state index is -4.40. The maximum atomic E-state index is 12.4. The van der Waals surface area contributed by atoms with Crippen LogP contribution in [0.15, 0.2) is 36.9 Å². The molecule has 0 amide bonds. The number of carbonyl (C=O) groups excluding carboxylic acids is 1. The molecule has 20 heavy (non-hydrogen) atoms. The van der Waals surface area contributed by atoms with Crippen LogP contribution in [-0.2, 0) is 15.7 Å². The van der Waals surface area contributed by atoms with Gasteiger partial charge < -0.3 is 9.47 Å². The van der Waals surface area contributed by atoms with Crippen LogP contribution in [0.1, 0.15) is 18.9 Å². The lowest BCUT2D eigenvalue weighted by Crippen LogP contribution is -2.28. The van der Waals surface area contributed by atoms with E-state index in [-0.39, 0.29) is 18.8 Å². The molecule has 0 unspecified atom stereocenters. The lowest BCUT2D eigenvalue weighted by Gasteiger charge is -2.16. The molecule has 0 heterocycles. The molecule has 1 atom stereocenters. The number of carbonyl (C=O) groups is 1. The van der Waals surface area contributed by atoms with Crippen molar-refractivity contribution in [2.75, 3.05) is 6.61 Å². The van der Waals surface area contributed by atoms with E-state index in [0.717, 1.165) is 24.3 Å². The quantitative estimate of drug-likeness (QED) is 0.592. The maximum Gasteiger partial charge on any atom is 0.416 e. The molecule has 0 spiro atoms. The van der Waals surface area contributed by atoms with Crippen LogP contribution in [0, 0.1) is 0 Å². The first-order valence-corrected chi connectivity index (χ1v) is 6.00. The standard InChI is InChI=1S/C14H15F3O3/c1-3-5-12(13(18)19-4-2)20-11-8-6-10(7-9-11)14(15,16)17/h3,6-9,12H,1,4-5H2,2H3/t12-/m1/s1. The number of hydrogen-bond acceptors (Lipinski definition) is 3. The van der Waals surface area contributed by atoms with E-state index in [9.17, 15) is 18.0 Å². The molecule has 110 valence electrons. The van der Waals surface area contributed by atoms with Crippen molar-refractivity contribution in [3.05, 3.63) is 42.5 Å². The van der Waals surface area contributed by atoms with Gasteiger partial charge in [0.2, 0.25) is 0 Å². The summed E-state index contributed by atoms with van der Waals surface area (Å²) in [7, 11) is 0. The Balaban J connectivity index is 2.78. The molecule has 3 nitrogen and oxygen atoms in total. The smallest absolute Gasteiger partial charge is 0.416 e. The van der Waals surface area contributed by atoms with E-state index in [0.29, 0.717) is 0 Å². The van der Waals surface area contributed by atoms with E-state index in [1.54, 1.807) is 6.92 Å². The molecule has 1 aromatic carbocycles. The normalized spacial score (nSPS) is 12.6. The van der Waals surface area contributed by atoms with Crippen LogP contribution < -0.4 is 4.74 Å². The molecule has 0 aromatic heterocycles. The molecule has 6 heteroatoms. The summed E-state index contributed by atoms with van der Waals surface area (Å²) in [4.78, 5) is 11.6. The summed E-state index contributed by atoms with van der Waals surface area (Å²) in [5.41, 5.74) is -0.777. The fourth-order valence-corrected chi connectivity index (χ4v) is 1.47. The van der Waals surface area contributed by atoms with E-state index in [1.807, 2.05) is 0 Å². The number of esters is 1. The van der Waals surface area contributed by atoms with Gasteiger partial charge >= 0.3 is 12.1 Å². The van der Waals surface area contributed by atoms with E-state index in [1.165, 1.54) is 6.08 Å². The summed E-state index contributed by atoms with van der Waals surface area (Å²) in [5, 5.41) is 0. The summed E-state index contributed by atoms with van der Waals surface area (Å²) < 4.78 is 47.3. The Hall–Kier alpha value is -1.98. The predicted octanol–water partition coefficient (Wildman–Crippen LogP) is 3.59. The third kappa shape index (κ3) is 4.60. The molecule has 1 rings (SSSR count). The first kappa shape index (κ1) is 16.1. The molecule has 0 fully saturated rings. The van der Waals surface area contributed by atoms with Crippen molar-refractivity contribution >= 4 is 5.97 Å². The average Bonchev–Trinajstić information content (AvgIpc) is 2.38. The molecule has 0 saturated carbocycles. The van der Waals surface area contributed by atoms with E-state index in [2.05, 4.69) is 6.58 Å². The highest BCUT2D eigenvalue weighted by molar-refractivity contribution is 5.75. The average molecular weight is 288 g/mol. The van der Waals surface area contributed by atoms with Gasteiger partial charge in [0.1, 0.15) is 5.75 Å². The summed E-state index contributed by atoms with van der Waals surface area (Å²) in [6.45, 7) is 5.35.